The number of benzene rings is 1. The normalized spacial score (nSPS) is 16.2. The third-order valence-electron chi connectivity index (χ3n) is 4.36. The van der Waals surface area contributed by atoms with E-state index >= 15 is 0 Å². The van der Waals surface area contributed by atoms with Crippen LogP contribution in [0.25, 0.3) is 5.69 Å². The van der Waals surface area contributed by atoms with Gasteiger partial charge in [0.25, 0.3) is 11.5 Å². The quantitative estimate of drug-likeness (QED) is 0.888. The molecule has 6 nitrogen and oxygen atoms in total. The van der Waals surface area contributed by atoms with E-state index in [9.17, 15) is 9.59 Å². The van der Waals surface area contributed by atoms with Gasteiger partial charge in [-0.3, -0.25) is 9.59 Å². The smallest absolute Gasteiger partial charge is 0.272 e. The second kappa shape index (κ2) is 6.34. The van der Waals surface area contributed by atoms with Crippen molar-refractivity contribution in [2.45, 2.75) is 31.2 Å². The topological polar surface area (TPSA) is 90.0 Å². The van der Waals surface area contributed by atoms with Crippen LogP contribution in [0.15, 0.2) is 47.3 Å². The molecule has 0 atom stereocenters. The third-order valence-corrected chi connectivity index (χ3v) is 4.36. The maximum absolute atomic E-state index is 12.5. The molecule has 0 aliphatic heterocycles. The number of nitrogens with one attached hydrogen (secondary N) is 1. The van der Waals surface area contributed by atoms with Gasteiger partial charge >= 0.3 is 0 Å². The SMILES string of the molecule is NCC1(NC(=O)c2ccc(=O)n(-c3ccccc3)n2)CCCC1. The minimum absolute atomic E-state index is 0.216. The van der Waals surface area contributed by atoms with E-state index in [-0.39, 0.29) is 22.7 Å². The minimum Gasteiger partial charge on any atom is -0.344 e. The summed E-state index contributed by atoms with van der Waals surface area (Å²) >= 11 is 0. The number of aromatic nitrogens is 2. The first-order chi connectivity index (χ1) is 11.1. The molecule has 3 N–H and O–H groups in total. The molecular formula is C17H20N4O2. The summed E-state index contributed by atoms with van der Waals surface area (Å²) in [6.45, 7) is 0.414. The van der Waals surface area contributed by atoms with Gasteiger partial charge in [0.05, 0.1) is 11.2 Å². The molecule has 0 radical (unpaired) electrons. The summed E-state index contributed by atoms with van der Waals surface area (Å²) in [4.78, 5) is 24.5. The number of hydrogen-bond donors (Lipinski definition) is 2. The molecule has 1 aromatic heterocycles. The number of hydrogen-bond acceptors (Lipinski definition) is 4. The Bertz CT molecular complexity index is 749. The van der Waals surface area contributed by atoms with Crippen molar-refractivity contribution < 1.29 is 4.79 Å². The van der Waals surface area contributed by atoms with E-state index in [0.29, 0.717) is 12.2 Å². The second-order valence-electron chi connectivity index (χ2n) is 5.95. The van der Waals surface area contributed by atoms with Crippen molar-refractivity contribution in [2.75, 3.05) is 6.54 Å². The summed E-state index contributed by atoms with van der Waals surface area (Å²) in [5, 5.41) is 7.22. The van der Waals surface area contributed by atoms with Crippen molar-refractivity contribution in [2.24, 2.45) is 5.73 Å². The van der Waals surface area contributed by atoms with Gasteiger partial charge in [0.2, 0.25) is 0 Å². The average molecular weight is 312 g/mol. The Morgan fingerprint density at radius 3 is 2.52 bits per heavy atom. The van der Waals surface area contributed by atoms with Crippen molar-refractivity contribution in [1.82, 2.24) is 15.1 Å². The molecule has 0 spiro atoms. The predicted octanol–water partition coefficient (Wildman–Crippen LogP) is 1.23. The van der Waals surface area contributed by atoms with Crippen LogP contribution in [0, 0.1) is 0 Å². The van der Waals surface area contributed by atoms with Gasteiger partial charge in [0.1, 0.15) is 5.69 Å². The van der Waals surface area contributed by atoms with Crippen LogP contribution >= 0.6 is 0 Å². The molecule has 2 aromatic rings. The van der Waals surface area contributed by atoms with E-state index in [4.69, 9.17) is 5.73 Å². The zero-order chi connectivity index (χ0) is 16.3. The third kappa shape index (κ3) is 3.17. The van der Waals surface area contributed by atoms with Crippen LogP contribution in [0.4, 0.5) is 0 Å². The first-order valence-corrected chi connectivity index (χ1v) is 7.82. The number of amides is 1. The number of rotatable bonds is 4. The Kier molecular flexibility index (Phi) is 4.25. The second-order valence-corrected chi connectivity index (χ2v) is 5.95. The van der Waals surface area contributed by atoms with E-state index in [0.717, 1.165) is 25.7 Å². The largest absolute Gasteiger partial charge is 0.344 e. The zero-order valence-electron chi connectivity index (χ0n) is 12.9. The van der Waals surface area contributed by atoms with Crippen LogP contribution in [0.2, 0.25) is 0 Å². The molecular weight excluding hydrogens is 292 g/mol. The Labute approximate surface area is 134 Å². The van der Waals surface area contributed by atoms with Gasteiger partial charge in [-0.05, 0) is 31.0 Å². The Hall–Kier alpha value is -2.47. The number of nitrogens with two attached hydrogens (primary N) is 1. The summed E-state index contributed by atoms with van der Waals surface area (Å²) in [7, 11) is 0. The lowest BCUT2D eigenvalue weighted by Crippen LogP contribution is -2.52. The number of carbonyl (C=O) groups excluding carboxylic acids is 1. The minimum atomic E-state index is -0.341. The van der Waals surface area contributed by atoms with E-state index < -0.39 is 0 Å². The lowest BCUT2D eigenvalue weighted by Gasteiger charge is -2.28. The fourth-order valence-electron chi connectivity index (χ4n) is 3.02. The van der Waals surface area contributed by atoms with Crippen LogP contribution in [-0.4, -0.2) is 27.8 Å². The zero-order valence-corrected chi connectivity index (χ0v) is 12.9. The van der Waals surface area contributed by atoms with Gasteiger partial charge in [-0.25, -0.2) is 0 Å². The Balaban J connectivity index is 1.89. The molecule has 120 valence electrons. The van der Waals surface area contributed by atoms with E-state index in [1.165, 1.54) is 16.8 Å². The van der Waals surface area contributed by atoms with Crippen LogP contribution in [0.3, 0.4) is 0 Å². The number of para-hydroxylation sites is 1. The molecule has 1 aliphatic rings. The fourth-order valence-corrected chi connectivity index (χ4v) is 3.02. The van der Waals surface area contributed by atoms with Gasteiger partial charge in [-0.15, -0.1) is 0 Å². The Morgan fingerprint density at radius 1 is 1.17 bits per heavy atom. The maximum atomic E-state index is 12.5. The van der Waals surface area contributed by atoms with Crippen LogP contribution in [0.5, 0.6) is 0 Å². The molecule has 3 rings (SSSR count). The summed E-state index contributed by atoms with van der Waals surface area (Å²) < 4.78 is 1.23. The molecule has 0 saturated heterocycles. The van der Waals surface area contributed by atoms with Gasteiger partial charge in [-0.2, -0.15) is 9.78 Å². The van der Waals surface area contributed by atoms with Gasteiger partial charge in [0.15, 0.2) is 0 Å². The molecule has 6 heteroatoms. The van der Waals surface area contributed by atoms with Gasteiger partial charge in [0, 0.05) is 12.6 Å². The highest BCUT2D eigenvalue weighted by molar-refractivity contribution is 5.92. The van der Waals surface area contributed by atoms with Gasteiger partial charge < -0.3 is 11.1 Å². The van der Waals surface area contributed by atoms with Crippen molar-refractivity contribution in [3.05, 3.63) is 58.5 Å². The van der Waals surface area contributed by atoms with E-state index in [1.54, 1.807) is 12.1 Å². The molecule has 1 fully saturated rings. The standard InChI is InChI=1S/C17H20N4O2/c18-12-17(10-4-5-11-17)19-16(23)14-8-9-15(22)21(20-14)13-6-2-1-3-7-13/h1-3,6-9H,4-5,10-12,18H2,(H,19,23). The highest BCUT2D eigenvalue weighted by Crippen LogP contribution is 2.28. The van der Waals surface area contributed by atoms with Crippen molar-refractivity contribution in [1.29, 1.82) is 0 Å². The summed E-state index contributed by atoms with van der Waals surface area (Å²) in [6.07, 6.45) is 3.89. The number of carbonyl (C=O) groups is 1. The van der Waals surface area contributed by atoms with E-state index in [1.807, 2.05) is 18.2 Å². The fraction of sp³-hybridized carbons (Fsp3) is 0.353. The average Bonchev–Trinajstić information content (AvgIpc) is 3.05. The monoisotopic (exact) mass is 312 g/mol. The highest BCUT2D eigenvalue weighted by atomic mass is 16.2. The molecule has 0 unspecified atom stereocenters. The maximum Gasteiger partial charge on any atom is 0.272 e. The lowest BCUT2D eigenvalue weighted by molar-refractivity contribution is 0.0896. The van der Waals surface area contributed by atoms with Crippen molar-refractivity contribution in [3.63, 3.8) is 0 Å². The van der Waals surface area contributed by atoms with E-state index in [2.05, 4.69) is 10.4 Å². The number of nitrogens with zero attached hydrogens (tertiary/aromatic N) is 2. The van der Waals surface area contributed by atoms with Crippen molar-refractivity contribution >= 4 is 5.91 Å². The predicted molar refractivity (Wildman–Crippen MR) is 87.6 cm³/mol. The molecule has 1 heterocycles. The molecule has 1 amide bonds. The summed E-state index contributed by atoms with van der Waals surface area (Å²) in [5.74, 6) is -0.290. The molecule has 1 saturated carbocycles. The van der Waals surface area contributed by atoms with Crippen molar-refractivity contribution in [3.8, 4) is 5.69 Å². The first-order valence-electron chi connectivity index (χ1n) is 7.82. The summed E-state index contributed by atoms with van der Waals surface area (Å²) in [6, 6.07) is 11.9. The Morgan fingerprint density at radius 2 is 1.87 bits per heavy atom. The van der Waals surface area contributed by atoms with Crippen LogP contribution < -0.4 is 16.6 Å². The lowest BCUT2D eigenvalue weighted by atomic mass is 9.97. The molecule has 0 bridgehead atoms. The highest BCUT2D eigenvalue weighted by Gasteiger charge is 2.34. The van der Waals surface area contributed by atoms with Gasteiger partial charge in [-0.1, -0.05) is 31.0 Å². The summed E-state index contributed by atoms with van der Waals surface area (Å²) in [5.41, 5.74) is 6.08. The van der Waals surface area contributed by atoms with Crippen LogP contribution in [-0.2, 0) is 0 Å². The van der Waals surface area contributed by atoms with Crippen LogP contribution in [0.1, 0.15) is 36.2 Å². The molecule has 1 aromatic carbocycles. The molecule has 1 aliphatic carbocycles. The molecule has 23 heavy (non-hydrogen) atoms. The first kappa shape index (κ1) is 15.4.